The van der Waals surface area contributed by atoms with Crippen molar-refractivity contribution in [2.24, 2.45) is 0 Å². The molecule has 1 saturated carbocycles. The molecule has 1 saturated heterocycles. The fourth-order valence-corrected chi connectivity index (χ4v) is 4.85. The zero-order valence-corrected chi connectivity index (χ0v) is 19.2. The van der Waals surface area contributed by atoms with Crippen LogP contribution in [-0.2, 0) is 10.2 Å². The number of nitrogens with zero attached hydrogens (tertiary/aromatic N) is 7. The predicted molar refractivity (Wildman–Crippen MR) is 122 cm³/mol. The number of amides is 1. The highest BCUT2D eigenvalue weighted by Gasteiger charge is 2.65. The summed E-state index contributed by atoms with van der Waals surface area (Å²) < 4.78 is 45.9. The van der Waals surface area contributed by atoms with Crippen molar-refractivity contribution < 1.29 is 23.1 Å². The minimum Gasteiger partial charge on any atom is -0.391 e. The van der Waals surface area contributed by atoms with Gasteiger partial charge in [0.1, 0.15) is 23.3 Å². The average Bonchev–Trinajstić information content (AvgIpc) is 3.28. The molecule has 0 aromatic carbocycles. The molecule has 0 spiro atoms. The van der Waals surface area contributed by atoms with E-state index >= 15 is 0 Å². The van der Waals surface area contributed by atoms with Gasteiger partial charge in [-0.1, -0.05) is 0 Å². The molecular formula is C20H19F3N10O2S. The zero-order chi connectivity index (χ0) is 25.1. The third-order valence-electron chi connectivity index (χ3n) is 6.44. The molecule has 16 heteroatoms. The first-order valence-electron chi connectivity index (χ1n) is 11.0. The molecule has 4 N–H and O–H groups in total. The molecule has 2 aliphatic rings. The number of H-pyrrole nitrogens is 1. The number of carbonyl (C=O) groups is 1. The number of anilines is 4. The Labute approximate surface area is 204 Å². The van der Waals surface area contributed by atoms with Crippen molar-refractivity contribution in [1.29, 1.82) is 0 Å². The third kappa shape index (κ3) is 3.81. The van der Waals surface area contributed by atoms with Gasteiger partial charge in [-0.05, 0) is 25.0 Å². The van der Waals surface area contributed by atoms with Crippen LogP contribution in [0.5, 0.6) is 0 Å². The van der Waals surface area contributed by atoms with Crippen molar-refractivity contribution in [1.82, 2.24) is 34.2 Å². The van der Waals surface area contributed by atoms with Gasteiger partial charge in [0.05, 0.1) is 11.8 Å². The molecule has 0 bridgehead atoms. The Morgan fingerprint density at radius 2 is 2.17 bits per heavy atom. The molecule has 6 rings (SSSR count). The van der Waals surface area contributed by atoms with E-state index in [0.29, 0.717) is 10.6 Å². The van der Waals surface area contributed by atoms with Gasteiger partial charge in [-0.2, -0.15) is 27.6 Å². The SMILES string of the molecule is O=C(Nc1ncns1)[C@@H]1C[C@H](O)CN1c1nc(Nc2cc(C3(C(F)(F)F)CC3)[nH]n2)c2cccn2n1. The smallest absolute Gasteiger partial charge is 0.391 e. The highest BCUT2D eigenvalue weighted by atomic mass is 32.1. The van der Waals surface area contributed by atoms with Crippen molar-refractivity contribution >= 4 is 45.7 Å². The van der Waals surface area contributed by atoms with E-state index in [4.69, 9.17) is 0 Å². The van der Waals surface area contributed by atoms with Crippen LogP contribution in [0.4, 0.5) is 35.9 Å². The molecular weight excluding hydrogens is 501 g/mol. The summed E-state index contributed by atoms with van der Waals surface area (Å²) in [6, 6.07) is 4.02. The molecule has 188 valence electrons. The van der Waals surface area contributed by atoms with E-state index in [1.165, 1.54) is 16.9 Å². The predicted octanol–water partition coefficient (Wildman–Crippen LogP) is 2.22. The first kappa shape index (κ1) is 22.7. The molecule has 2 atom stereocenters. The van der Waals surface area contributed by atoms with Gasteiger partial charge in [-0.15, -0.1) is 5.10 Å². The molecule has 12 nitrogen and oxygen atoms in total. The minimum absolute atomic E-state index is 0.00532. The number of aromatic nitrogens is 7. The van der Waals surface area contributed by atoms with E-state index in [9.17, 15) is 23.1 Å². The number of aliphatic hydroxyl groups is 1. The van der Waals surface area contributed by atoms with Crippen LogP contribution in [0.15, 0.2) is 30.7 Å². The lowest BCUT2D eigenvalue weighted by atomic mass is 10.0. The molecule has 0 radical (unpaired) electrons. The highest BCUT2D eigenvalue weighted by molar-refractivity contribution is 7.09. The van der Waals surface area contributed by atoms with Crippen LogP contribution >= 0.6 is 11.5 Å². The number of aliphatic hydroxyl groups excluding tert-OH is 1. The lowest BCUT2D eigenvalue weighted by molar-refractivity contribution is -0.161. The van der Waals surface area contributed by atoms with E-state index in [1.807, 2.05) is 0 Å². The number of nitrogens with one attached hydrogen (secondary N) is 3. The van der Waals surface area contributed by atoms with Gasteiger partial charge < -0.3 is 15.3 Å². The summed E-state index contributed by atoms with van der Waals surface area (Å²) in [4.78, 5) is 23.0. The van der Waals surface area contributed by atoms with Crippen LogP contribution in [0, 0.1) is 0 Å². The average molecular weight is 521 g/mol. The van der Waals surface area contributed by atoms with E-state index in [1.54, 1.807) is 23.2 Å². The van der Waals surface area contributed by atoms with E-state index in [2.05, 4.69) is 40.3 Å². The standard InChI is InChI=1S/C20H19F3N10O2S/c21-20(22,23)19(3-4-19)13-7-14(30-29-13)26-15-11-2-1-5-33(11)31-17(27-15)32-8-10(34)6-12(32)16(35)28-18-24-9-25-36-18/h1-2,5,7,9-10,12,34H,3-4,6,8H2,(H,24,25,28,35)(H2,26,27,29,30,31)/t10-,12-/m0/s1. The van der Waals surface area contributed by atoms with Crippen molar-refractivity contribution in [3.05, 3.63) is 36.4 Å². The largest absolute Gasteiger partial charge is 0.399 e. The van der Waals surface area contributed by atoms with Crippen molar-refractivity contribution in [3.8, 4) is 0 Å². The van der Waals surface area contributed by atoms with Crippen LogP contribution in [0.2, 0.25) is 0 Å². The molecule has 36 heavy (non-hydrogen) atoms. The molecule has 0 unspecified atom stereocenters. The molecule has 1 aliphatic carbocycles. The second kappa shape index (κ2) is 8.12. The molecule has 1 aliphatic heterocycles. The van der Waals surface area contributed by atoms with Crippen LogP contribution < -0.4 is 15.5 Å². The molecule has 1 amide bonds. The van der Waals surface area contributed by atoms with Crippen LogP contribution in [0.25, 0.3) is 5.52 Å². The van der Waals surface area contributed by atoms with Crippen LogP contribution in [0.3, 0.4) is 0 Å². The number of hydrogen-bond donors (Lipinski definition) is 4. The first-order chi connectivity index (χ1) is 17.2. The molecule has 5 heterocycles. The van der Waals surface area contributed by atoms with Crippen molar-refractivity contribution in [3.63, 3.8) is 0 Å². The van der Waals surface area contributed by atoms with Crippen molar-refractivity contribution in [2.75, 3.05) is 22.1 Å². The number of hydrogen-bond acceptors (Lipinski definition) is 10. The Hall–Kier alpha value is -3.79. The maximum Gasteiger partial charge on any atom is 0.399 e. The normalized spacial score (nSPS) is 21.2. The fourth-order valence-electron chi connectivity index (χ4n) is 4.42. The fraction of sp³-hybridized carbons (Fsp3) is 0.400. The summed E-state index contributed by atoms with van der Waals surface area (Å²) in [7, 11) is 0. The summed E-state index contributed by atoms with van der Waals surface area (Å²) in [5.41, 5.74) is -1.34. The Kier molecular flexibility index (Phi) is 5.11. The Morgan fingerprint density at radius 3 is 2.89 bits per heavy atom. The lowest BCUT2D eigenvalue weighted by Gasteiger charge is -2.23. The lowest BCUT2D eigenvalue weighted by Crippen LogP contribution is -2.41. The first-order valence-corrected chi connectivity index (χ1v) is 11.8. The van der Waals surface area contributed by atoms with Gasteiger partial charge in [-0.25, -0.2) is 9.50 Å². The zero-order valence-electron chi connectivity index (χ0n) is 18.4. The Balaban J connectivity index is 1.30. The van der Waals surface area contributed by atoms with Gasteiger partial charge in [0, 0.05) is 36.8 Å². The summed E-state index contributed by atoms with van der Waals surface area (Å²) in [5.74, 6) is 0.206. The van der Waals surface area contributed by atoms with Crippen molar-refractivity contribution in [2.45, 2.75) is 43.0 Å². The summed E-state index contributed by atoms with van der Waals surface area (Å²) in [6.07, 6.45) is -1.98. The number of aromatic amines is 1. The topological polar surface area (TPSA) is 149 Å². The van der Waals surface area contributed by atoms with Gasteiger partial charge in [0.2, 0.25) is 17.0 Å². The Bertz CT molecular complexity index is 1410. The second-order valence-electron chi connectivity index (χ2n) is 8.76. The second-order valence-corrected chi connectivity index (χ2v) is 9.54. The van der Waals surface area contributed by atoms with E-state index < -0.39 is 29.6 Å². The van der Waals surface area contributed by atoms with Gasteiger partial charge in [0.15, 0.2) is 11.6 Å². The number of halogens is 3. The summed E-state index contributed by atoms with van der Waals surface area (Å²) in [6.45, 7) is 0.112. The quantitative estimate of drug-likeness (QED) is 0.300. The maximum absolute atomic E-state index is 13.5. The van der Waals surface area contributed by atoms with Gasteiger partial charge in [-0.3, -0.25) is 15.2 Å². The van der Waals surface area contributed by atoms with E-state index in [0.717, 1.165) is 11.5 Å². The number of rotatable bonds is 6. The van der Waals surface area contributed by atoms with Gasteiger partial charge in [0.25, 0.3) is 0 Å². The number of carbonyl (C=O) groups excluding carboxylic acids is 1. The monoisotopic (exact) mass is 520 g/mol. The summed E-state index contributed by atoms with van der Waals surface area (Å²) >= 11 is 1.02. The minimum atomic E-state index is -4.37. The molecule has 4 aromatic rings. The van der Waals surface area contributed by atoms with Crippen LogP contribution in [-0.4, -0.2) is 70.0 Å². The number of fused-ring (bicyclic) bond motifs is 1. The maximum atomic E-state index is 13.5. The highest BCUT2D eigenvalue weighted by Crippen LogP contribution is 2.58. The van der Waals surface area contributed by atoms with Crippen LogP contribution in [0.1, 0.15) is 25.0 Å². The number of β-amino-alcohol motifs (C(OH)–C–C–N with tert-alkyl or cyclic N) is 1. The summed E-state index contributed by atoms with van der Waals surface area (Å²) in [5, 5.41) is 27.3. The van der Waals surface area contributed by atoms with E-state index in [-0.39, 0.29) is 49.1 Å². The third-order valence-corrected chi connectivity index (χ3v) is 7.02. The molecule has 4 aromatic heterocycles. The number of alkyl halides is 3. The Morgan fingerprint density at radius 1 is 1.33 bits per heavy atom. The molecule has 2 fully saturated rings. The van der Waals surface area contributed by atoms with Gasteiger partial charge >= 0.3 is 6.18 Å².